The van der Waals surface area contributed by atoms with Crippen LogP contribution in [0.4, 0.5) is 0 Å². The fraction of sp³-hybridized carbons (Fsp3) is 0.760. The van der Waals surface area contributed by atoms with Crippen LogP contribution in [0.5, 0.6) is 0 Å². The van der Waals surface area contributed by atoms with Crippen LogP contribution >= 0.6 is 0 Å². The van der Waals surface area contributed by atoms with Crippen LogP contribution in [0, 0.1) is 0 Å². The van der Waals surface area contributed by atoms with Gasteiger partial charge in [0.1, 0.15) is 0 Å². The van der Waals surface area contributed by atoms with Gasteiger partial charge in [-0.1, -0.05) is 83.9 Å². The number of nitrogens with two attached hydrogens (primary N) is 1. The van der Waals surface area contributed by atoms with E-state index in [4.69, 9.17) is 10.5 Å². The highest BCUT2D eigenvalue weighted by Gasteiger charge is 2.39. The van der Waals surface area contributed by atoms with Gasteiger partial charge < -0.3 is 10.5 Å². The Labute approximate surface area is 179 Å². The summed E-state index contributed by atoms with van der Waals surface area (Å²) in [6, 6.07) is 0. The SMILES string of the molecule is C=C(C)C(=O)OC(CCC)(CCCCCC/C=C\CCCCCCCC)C(N)=O. The monoisotopic (exact) mass is 407 g/mol. The van der Waals surface area contributed by atoms with Crippen molar-refractivity contribution in [3.8, 4) is 0 Å². The van der Waals surface area contributed by atoms with E-state index in [1.807, 2.05) is 6.92 Å². The molecule has 29 heavy (non-hydrogen) atoms. The predicted molar refractivity (Wildman–Crippen MR) is 123 cm³/mol. The van der Waals surface area contributed by atoms with Gasteiger partial charge in [0.15, 0.2) is 5.60 Å². The standard InChI is InChI=1S/C25H45NO3/c1-5-7-8-9-10-11-12-13-14-15-16-17-18-19-21-25(20-6-2,24(26)28)29-23(27)22(3)4/h13-14H,3,5-12,15-21H2,1-2,4H3,(H2,26,28)/b14-13-. The normalized spacial score (nSPS) is 13.3. The van der Waals surface area contributed by atoms with Crippen molar-refractivity contribution in [3.63, 3.8) is 0 Å². The molecule has 0 aliphatic rings. The zero-order chi connectivity index (χ0) is 22.0. The van der Waals surface area contributed by atoms with E-state index in [1.54, 1.807) is 6.92 Å². The molecule has 0 fully saturated rings. The van der Waals surface area contributed by atoms with Crippen LogP contribution in [0.2, 0.25) is 0 Å². The minimum Gasteiger partial charge on any atom is -0.446 e. The van der Waals surface area contributed by atoms with Gasteiger partial charge in [0.2, 0.25) is 0 Å². The number of rotatable bonds is 19. The van der Waals surface area contributed by atoms with Crippen LogP contribution in [0.25, 0.3) is 0 Å². The average molecular weight is 408 g/mol. The number of hydrogen-bond acceptors (Lipinski definition) is 3. The Kier molecular flexibility index (Phi) is 16.4. The molecule has 4 nitrogen and oxygen atoms in total. The average Bonchev–Trinajstić information content (AvgIpc) is 2.67. The van der Waals surface area contributed by atoms with Crippen LogP contribution in [-0.4, -0.2) is 17.5 Å². The third-order valence-electron chi connectivity index (χ3n) is 5.33. The number of esters is 1. The van der Waals surface area contributed by atoms with Gasteiger partial charge in [-0.05, 0) is 51.9 Å². The summed E-state index contributed by atoms with van der Waals surface area (Å²) in [4.78, 5) is 24.0. The summed E-state index contributed by atoms with van der Waals surface area (Å²) >= 11 is 0. The molecule has 0 aliphatic heterocycles. The number of unbranched alkanes of at least 4 members (excludes halogenated alkanes) is 10. The first-order valence-corrected chi connectivity index (χ1v) is 11.7. The molecule has 0 aliphatic carbocycles. The molecule has 4 heteroatoms. The molecule has 0 heterocycles. The lowest BCUT2D eigenvalue weighted by molar-refractivity contribution is -0.165. The van der Waals surface area contributed by atoms with E-state index in [0.29, 0.717) is 18.4 Å². The lowest BCUT2D eigenvalue weighted by atomic mass is 9.90. The number of primary amides is 1. The maximum absolute atomic E-state index is 12.0. The number of ether oxygens (including phenoxy) is 1. The highest BCUT2D eigenvalue weighted by atomic mass is 16.6. The molecule has 1 amide bonds. The highest BCUT2D eigenvalue weighted by molar-refractivity contribution is 5.92. The smallest absolute Gasteiger partial charge is 0.334 e. The van der Waals surface area contributed by atoms with Crippen LogP contribution in [-0.2, 0) is 14.3 Å². The number of allylic oxidation sites excluding steroid dienone is 2. The van der Waals surface area contributed by atoms with Gasteiger partial charge in [0, 0.05) is 5.57 Å². The number of hydrogen-bond donors (Lipinski definition) is 1. The quantitative estimate of drug-likeness (QED) is 0.111. The zero-order valence-corrected chi connectivity index (χ0v) is 19.3. The van der Waals surface area contributed by atoms with Gasteiger partial charge in [0.25, 0.3) is 5.91 Å². The fourth-order valence-corrected chi connectivity index (χ4v) is 3.50. The third-order valence-corrected chi connectivity index (χ3v) is 5.33. The van der Waals surface area contributed by atoms with Crippen molar-refractivity contribution >= 4 is 11.9 Å². The molecule has 0 rings (SSSR count). The Balaban J connectivity index is 4.03. The van der Waals surface area contributed by atoms with Gasteiger partial charge in [-0.2, -0.15) is 0 Å². The molecule has 0 radical (unpaired) electrons. The molecule has 0 aromatic heterocycles. The minimum absolute atomic E-state index is 0.291. The van der Waals surface area contributed by atoms with Gasteiger partial charge in [0.05, 0.1) is 0 Å². The van der Waals surface area contributed by atoms with Gasteiger partial charge >= 0.3 is 5.97 Å². The Morgan fingerprint density at radius 2 is 1.34 bits per heavy atom. The van der Waals surface area contributed by atoms with E-state index >= 15 is 0 Å². The van der Waals surface area contributed by atoms with Crippen LogP contribution in [0.3, 0.4) is 0 Å². The lowest BCUT2D eigenvalue weighted by Crippen LogP contribution is -2.47. The number of amides is 1. The fourth-order valence-electron chi connectivity index (χ4n) is 3.50. The Bertz CT molecular complexity index is 498. The topological polar surface area (TPSA) is 69.4 Å². The molecule has 0 bridgehead atoms. The Morgan fingerprint density at radius 3 is 1.83 bits per heavy atom. The molecule has 168 valence electrons. The second-order valence-electron chi connectivity index (χ2n) is 8.26. The van der Waals surface area contributed by atoms with Crippen molar-refractivity contribution < 1.29 is 14.3 Å². The summed E-state index contributed by atoms with van der Waals surface area (Å²) < 4.78 is 5.49. The molecule has 0 saturated carbocycles. The number of carbonyl (C=O) groups is 2. The largest absolute Gasteiger partial charge is 0.446 e. The van der Waals surface area contributed by atoms with E-state index in [2.05, 4.69) is 25.7 Å². The molecule has 1 unspecified atom stereocenters. The molecule has 0 saturated heterocycles. The lowest BCUT2D eigenvalue weighted by Gasteiger charge is -2.30. The first-order chi connectivity index (χ1) is 13.9. The van der Waals surface area contributed by atoms with Gasteiger partial charge in [-0.3, -0.25) is 4.79 Å². The van der Waals surface area contributed by atoms with E-state index < -0.39 is 17.5 Å². The number of carbonyl (C=O) groups excluding carboxylic acids is 2. The highest BCUT2D eigenvalue weighted by Crippen LogP contribution is 2.27. The summed E-state index contributed by atoms with van der Waals surface area (Å²) in [7, 11) is 0. The zero-order valence-electron chi connectivity index (χ0n) is 19.3. The summed E-state index contributed by atoms with van der Waals surface area (Å²) in [6.45, 7) is 9.39. The second kappa shape index (κ2) is 17.3. The van der Waals surface area contributed by atoms with Crippen molar-refractivity contribution in [2.45, 2.75) is 123 Å². The summed E-state index contributed by atoms with van der Waals surface area (Å²) in [5.74, 6) is -1.08. The van der Waals surface area contributed by atoms with Crippen molar-refractivity contribution in [2.24, 2.45) is 5.73 Å². The molecule has 0 aromatic carbocycles. The maximum Gasteiger partial charge on any atom is 0.334 e. The van der Waals surface area contributed by atoms with Crippen molar-refractivity contribution in [3.05, 3.63) is 24.3 Å². The second-order valence-corrected chi connectivity index (χ2v) is 8.26. The minimum atomic E-state index is -1.19. The van der Waals surface area contributed by atoms with Crippen LogP contribution in [0.1, 0.15) is 117 Å². The van der Waals surface area contributed by atoms with Crippen molar-refractivity contribution in [1.82, 2.24) is 0 Å². The predicted octanol–water partition coefficient (Wildman–Crippen LogP) is 6.78. The van der Waals surface area contributed by atoms with Crippen molar-refractivity contribution in [1.29, 1.82) is 0 Å². The van der Waals surface area contributed by atoms with E-state index in [9.17, 15) is 9.59 Å². The van der Waals surface area contributed by atoms with Crippen LogP contribution in [0.15, 0.2) is 24.3 Å². The summed E-state index contributed by atoms with van der Waals surface area (Å²) in [5, 5.41) is 0. The molecule has 0 aromatic rings. The molecular weight excluding hydrogens is 362 g/mol. The Morgan fingerprint density at radius 1 is 0.828 bits per heavy atom. The van der Waals surface area contributed by atoms with Gasteiger partial charge in [-0.25, -0.2) is 4.79 Å². The third kappa shape index (κ3) is 13.3. The van der Waals surface area contributed by atoms with Crippen LogP contribution < -0.4 is 5.73 Å². The molecule has 2 N–H and O–H groups in total. The van der Waals surface area contributed by atoms with Crippen molar-refractivity contribution in [2.75, 3.05) is 0 Å². The molecule has 1 atom stereocenters. The summed E-state index contributed by atoms with van der Waals surface area (Å²) in [5.41, 5.74) is 4.70. The maximum atomic E-state index is 12.0. The summed E-state index contributed by atoms with van der Waals surface area (Å²) in [6.07, 6.45) is 20.8. The van der Waals surface area contributed by atoms with Gasteiger partial charge in [-0.15, -0.1) is 0 Å². The first-order valence-electron chi connectivity index (χ1n) is 11.7. The van der Waals surface area contributed by atoms with E-state index in [-0.39, 0.29) is 0 Å². The van der Waals surface area contributed by atoms with E-state index in [0.717, 1.165) is 38.5 Å². The molecule has 0 spiro atoms. The Hall–Kier alpha value is -1.58. The first kappa shape index (κ1) is 27.4. The van der Waals surface area contributed by atoms with E-state index in [1.165, 1.54) is 44.9 Å². The molecular formula is C25H45NO3.